The van der Waals surface area contributed by atoms with Crippen LogP contribution in [0.1, 0.15) is 11.1 Å². The number of hydrogen-bond donors (Lipinski definition) is 0. The van der Waals surface area contributed by atoms with Crippen molar-refractivity contribution >= 4 is 16.7 Å². The summed E-state index contributed by atoms with van der Waals surface area (Å²) in [6.45, 7) is 0.183. The van der Waals surface area contributed by atoms with Crippen LogP contribution in [-0.4, -0.2) is 24.3 Å². The van der Waals surface area contributed by atoms with Crippen LogP contribution in [0.4, 0.5) is 5.69 Å². The zero-order valence-corrected chi connectivity index (χ0v) is 14.4. The molecule has 0 fully saturated rings. The Hall–Kier alpha value is -4.32. The molecule has 0 atom stereocenters. The van der Waals surface area contributed by atoms with E-state index < -0.39 is 4.92 Å². The number of para-hydroxylation sites is 2. The minimum Gasteiger partial charge on any atom is -0.294 e. The first kappa shape index (κ1) is 17.1. The Labute approximate surface area is 157 Å². The van der Waals surface area contributed by atoms with Crippen LogP contribution in [0.25, 0.3) is 16.7 Å². The third-order valence-electron chi connectivity index (χ3n) is 4.34. The van der Waals surface area contributed by atoms with E-state index in [1.807, 2.05) is 0 Å². The minimum absolute atomic E-state index is 0.138. The first-order chi connectivity index (χ1) is 13.6. The van der Waals surface area contributed by atoms with E-state index in [1.54, 1.807) is 42.5 Å². The van der Waals surface area contributed by atoms with Gasteiger partial charge >= 0.3 is 0 Å². The van der Waals surface area contributed by atoms with Crippen molar-refractivity contribution in [2.75, 3.05) is 0 Å². The summed E-state index contributed by atoms with van der Waals surface area (Å²) < 4.78 is 2.66. The van der Waals surface area contributed by atoms with Gasteiger partial charge in [-0.2, -0.15) is 10.4 Å². The van der Waals surface area contributed by atoms with E-state index in [0.29, 0.717) is 11.1 Å². The summed E-state index contributed by atoms with van der Waals surface area (Å²) >= 11 is 0. The first-order valence-electron chi connectivity index (χ1n) is 8.25. The van der Waals surface area contributed by atoms with E-state index >= 15 is 0 Å². The standard InChI is InChI=1S/C19H12N6O3/c20-9-13-5-1-2-6-14(13)11-23-12-21-18-15(19(23)26)10-22-24(18)16-7-3-4-8-17(16)25(27)28/h1-8,10,12H,11H2. The van der Waals surface area contributed by atoms with Crippen molar-refractivity contribution in [3.63, 3.8) is 0 Å². The van der Waals surface area contributed by atoms with Gasteiger partial charge in [-0.05, 0) is 17.7 Å². The molecule has 0 saturated carbocycles. The van der Waals surface area contributed by atoms with Crippen molar-refractivity contribution in [3.8, 4) is 11.8 Å². The Kier molecular flexibility index (Phi) is 4.14. The lowest BCUT2D eigenvalue weighted by atomic mass is 10.1. The van der Waals surface area contributed by atoms with Crippen molar-refractivity contribution < 1.29 is 4.92 Å². The maximum Gasteiger partial charge on any atom is 0.294 e. The van der Waals surface area contributed by atoms with E-state index in [1.165, 1.54) is 27.8 Å². The molecule has 2 heterocycles. The lowest BCUT2D eigenvalue weighted by molar-refractivity contribution is -0.384. The molecule has 9 heteroatoms. The molecule has 136 valence electrons. The number of nitro benzene ring substituents is 1. The van der Waals surface area contributed by atoms with Crippen LogP contribution >= 0.6 is 0 Å². The molecule has 0 spiro atoms. The number of nitrogens with zero attached hydrogens (tertiary/aromatic N) is 6. The van der Waals surface area contributed by atoms with Crippen molar-refractivity contribution in [3.05, 3.63) is 92.7 Å². The van der Waals surface area contributed by atoms with Crippen LogP contribution in [-0.2, 0) is 6.54 Å². The molecule has 0 saturated heterocycles. The number of nitriles is 1. The summed E-state index contributed by atoms with van der Waals surface area (Å²) in [5, 5.41) is 24.9. The van der Waals surface area contributed by atoms with Gasteiger partial charge in [-0.15, -0.1) is 0 Å². The average molecular weight is 372 g/mol. The highest BCUT2D eigenvalue weighted by Crippen LogP contribution is 2.24. The maximum absolute atomic E-state index is 12.8. The molecule has 0 bridgehead atoms. The molecule has 0 aliphatic rings. The minimum atomic E-state index is -0.511. The molecule has 0 radical (unpaired) electrons. The van der Waals surface area contributed by atoms with Gasteiger partial charge in [-0.25, -0.2) is 9.67 Å². The predicted molar refractivity (Wildman–Crippen MR) is 100 cm³/mol. The third kappa shape index (κ3) is 2.79. The van der Waals surface area contributed by atoms with E-state index in [2.05, 4.69) is 16.2 Å². The van der Waals surface area contributed by atoms with Crippen LogP contribution in [0.3, 0.4) is 0 Å². The molecule has 0 N–H and O–H groups in total. The summed E-state index contributed by atoms with van der Waals surface area (Å²) in [7, 11) is 0. The maximum atomic E-state index is 12.8. The second-order valence-electron chi connectivity index (χ2n) is 5.99. The first-order valence-corrected chi connectivity index (χ1v) is 8.25. The molecular weight excluding hydrogens is 360 g/mol. The number of rotatable bonds is 4. The quantitative estimate of drug-likeness (QED) is 0.401. The molecule has 2 aromatic carbocycles. The summed E-state index contributed by atoms with van der Waals surface area (Å²) in [4.78, 5) is 27.9. The van der Waals surface area contributed by atoms with Crippen LogP contribution in [0.15, 0.2) is 65.8 Å². The van der Waals surface area contributed by atoms with Gasteiger partial charge in [-0.3, -0.25) is 19.5 Å². The predicted octanol–water partition coefficient (Wildman–Crippen LogP) is 2.41. The number of aromatic nitrogens is 4. The zero-order valence-electron chi connectivity index (χ0n) is 14.4. The van der Waals surface area contributed by atoms with Gasteiger partial charge in [0, 0.05) is 6.07 Å². The van der Waals surface area contributed by atoms with Crippen molar-refractivity contribution in [1.82, 2.24) is 19.3 Å². The topological polar surface area (TPSA) is 120 Å². The molecule has 9 nitrogen and oxygen atoms in total. The Morgan fingerprint density at radius 2 is 1.89 bits per heavy atom. The highest BCUT2D eigenvalue weighted by Gasteiger charge is 2.19. The number of hydrogen-bond acceptors (Lipinski definition) is 6. The second-order valence-corrected chi connectivity index (χ2v) is 5.99. The SMILES string of the molecule is N#Cc1ccccc1Cn1cnc2c(cnn2-c2ccccc2[N+](=O)[O-])c1=O. The molecular formula is C19H12N6O3. The van der Waals surface area contributed by atoms with E-state index in [9.17, 15) is 20.2 Å². The molecule has 0 amide bonds. The van der Waals surface area contributed by atoms with Crippen molar-refractivity contribution in [2.45, 2.75) is 6.54 Å². The fraction of sp³-hybridized carbons (Fsp3) is 0.0526. The van der Waals surface area contributed by atoms with Gasteiger partial charge in [0.2, 0.25) is 0 Å². The monoisotopic (exact) mass is 372 g/mol. The van der Waals surface area contributed by atoms with Gasteiger partial charge in [0.15, 0.2) is 5.65 Å². The lowest BCUT2D eigenvalue weighted by Gasteiger charge is -2.08. The highest BCUT2D eigenvalue weighted by molar-refractivity contribution is 5.76. The summed E-state index contributed by atoms with van der Waals surface area (Å²) in [5.41, 5.74) is 1.14. The average Bonchev–Trinajstić information content (AvgIpc) is 3.15. The van der Waals surface area contributed by atoms with E-state index in [4.69, 9.17) is 0 Å². The fourth-order valence-electron chi connectivity index (χ4n) is 2.99. The third-order valence-corrected chi connectivity index (χ3v) is 4.34. The Morgan fingerprint density at radius 3 is 2.68 bits per heavy atom. The molecule has 28 heavy (non-hydrogen) atoms. The van der Waals surface area contributed by atoms with Crippen LogP contribution in [0.5, 0.6) is 0 Å². The summed E-state index contributed by atoms with van der Waals surface area (Å²) in [5.74, 6) is 0. The number of nitro groups is 1. The summed E-state index contributed by atoms with van der Waals surface area (Å²) in [6.07, 6.45) is 2.69. The smallest absolute Gasteiger partial charge is 0.294 e. The van der Waals surface area contributed by atoms with Crippen LogP contribution in [0.2, 0.25) is 0 Å². The van der Waals surface area contributed by atoms with Gasteiger partial charge in [0.25, 0.3) is 11.2 Å². The second kappa shape index (κ2) is 6.77. The molecule has 0 aliphatic carbocycles. The van der Waals surface area contributed by atoms with Gasteiger partial charge < -0.3 is 0 Å². The van der Waals surface area contributed by atoms with E-state index in [0.717, 1.165) is 0 Å². The summed E-state index contributed by atoms with van der Waals surface area (Å²) in [6, 6.07) is 15.2. The van der Waals surface area contributed by atoms with E-state index in [-0.39, 0.29) is 34.5 Å². The largest absolute Gasteiger partial charge is 0.294 e. The van der Waals surface area contributed by atoms with Crippen molar-refractivity contribution in [1.29, 1.82) is 5.26 Å². The molecule has 4 rings (SSSR count). The Bertz CT molecular complexity index is 1320. The number of benzene rings is 2. The Balaban J connectivity index is 1.83. The van der Waals surface area contributed by atoms with Gasteiger partial charge in [-0.1, -0.05) is 30.3 Å². The lowest BCUT2D eigenvalue weighted by Crippen LogP contribution is -2.21. The van der Waals surface area contributed by atoms with Crippen LogP contribution < -0.4 is 5.56 Å². The normalized spacial score (nSPS) is 10.7. The van der Waals surface area contributed by atoms with Crippen molar-refractivity contribution in [2.24, 2.45) is 0 Å². The molecule has 0 aliphatic heterocycles. The van der Waals surface area contributed by atoms with Gasteiger partial charge in [0.1, 0.15) is 17.4 Å². The molecule has 2 aromatic heterocycles. The highest BCUT2D eigenvalue weighted by atomic mass is 16.6. The zero-order chi connectivity index (χ0) is 19.7. The van der Waals surface area contributed by atoms with Gasteiger partial charge in [0.05, 0.1) is 29.3 Å². The number of fused-ring (bicyclic) bond motifs is 1. The molecule has 0 unspecified atom stereocenters. The molecule has 4 aromatic rings. The fourth-order valence-corrected chi connectivity index (χ4v) is 2.99. The van der Waals surface area contributed by atoms with Crippen LogP contribution in [0, 0.1) is 21.4 Å². The Morgan fingerprint density at radius 1 is 1.14 bits per heavy atom.